The Bertz CT molecular complexity index is 464. The van der Waals surface area contributed by atoms with E-state index in [1.165, 1.54) is 12.8 Å². The van der Waals surface area contributed by atoms with Gasteiger partial charge in [-0.2, -0.15) is 0 Å². The molecule has 1 saturated heterocycles. The van der Waals surface area contributed by atoms with Crippen LogP contribution in [0.15, 0.2) is 18.3 Å². The van der Waals surface area contributed by atoms with Crippen LogP contribution >= 0.6 is 0 Å². The number of rotatable bonds is 3. The minimum Gasteiger partial charge on any atom is -0.382 e. The van der Waals surface area contributed by atoms with Crippen molar-refractivity contribution < 1.29 is 4.79 Å². The third kappa shape index (κ3) is 3.04. The highest BCUT2D eigenvalue weighted by atomic mass is 16.2. The second-order valence-electron chi connectivity index (χ2n) is 5.44. The van der Waals surface area contributed by atoms with E-state index in [2.05, 4.69) is 22.2 Å². The molecule has 0 aromatic carbocycles. The predicted molar refractivity (Wildman–Crippen MR) is 74.3 cm³/mol. The lowest BCUT2D eigenvalue weighted by molar-refractivity contribution is 0.0658. The van der Waals surface area contributed by atoms with Crippen molar-refractivity contribution in [1.82, 2.24) is 14.8 Å². The highest BCUT2D eigenvalue weighted by Crippen LogP contribution is 2.24. The smallest absolute Gasteiger partial charge is 0.272 e. The second kappa shape index (κ2) is 5.17. The minimum atomic E-state index is 0.0487. The fourth-order valence-corrected chi connectivity index (χ4v) is 2.27. The first-order valence-electron chi connectivity index (χ1n) is 6.93. The SMILES string of the molecule is CN1CCN(C(=O)c2cc(NC3CC3)ccn2)CC1. The van der Waals surface area contributed by atoms with E-state index in [1.54, 1.807) is 6.20 Å². The van der Waals surface area contributed by atoms with Gasteiger partial charge in [-0.15, -0.1) is 0 Å². The fraction of sp³-hybridized carbons (Fsp3) is 0.571. The maximum absolute atomic E-state index is 12.4. The summed E-state index contributed by atoms with van der Waals surface area (Å²) in [5, 5.41) is 3.40. The Balaban J connectivity index is 1.68. The summed E-state index contributed by atoms with van der Waals surface area (Å²) in [7, 11) is 2.08. The van der Waals surface area contributed by atoms with Crippen LogP contribution in [0.1, 0.15) is 23.3 Å². The highest BCUT2D eigenvalue weighted by Gasteiger charge is 2.23. The molecular formula is C14H20N4O. The van der Waals surface area contributed by atoms with Crippen LogP contribution in [0.25, 0.3) is 0 Å². The number of hydrogen-bond acceptors (Lipinski definition) is 4. The number of carbonyl (C=O) groups excluding carboxylic acids is 1. The van der Waals surface area contributed by atoms with Gasteiger partial charge in [-0.3, -0.25) is 9.78 Å². The molecule has 0 unspecified atom stereocenters. The molecule has 102 valence electrons. The topological polar surface area (TPSA) is 48.5 Å². The molecule has 19 heavy (non-hydrogen) atoms. The first kappa shape index (κ1) is 12.4. The van der Waals surface area contributed by atoms with Crippen LogP contribution in [-0.2, 0) is 0 Å². The fourth-order valence-electron chi connectivity index (χ4n) is 2.27. The molecule has 2 fully saturated rings. The number of amides is 1. The van der Waals surface area contributed by atoms with Crippen LogP contribution in [0.5, 0.6) is 0 Å². The van der Waals surface area contributed by atoms with E-state index < -0.39 is 0 Å². The summed E-state index contributed by atoms with van der Waals surface area (Å²) in [5.41, 5.74) is 1.56. The Kier molecular flexibility index (Phi) is 3.38. The maximum Gasteiger partial charge on any atom is 0.272 e. The first-order valence-corrected chi connectivity index (χ1v) is 6.93. The molecule has 3 rings (SSSR count). The molecule has 0 spiro atoms. The van der Waals surface area contributed by atoms with Crippen LogP contribution in [0.3, 0.4) is 0 Å². The van der Waals surface area contributed by atoms with Gasteiger partial charge in [0, 0.05) is 44.1 Å². The highest BCUT2D eigenvalue weighted by molar-refractivity contribution is 5.93. The Morgan fingerprint density at radius 3 is 2.74 bits per heavy atom. The summed E-state index contributed by atoms with van der Waals surface area (Å²) < 4.78 is 0. The Labute approximate surface area is 113 Å². The molecule has 1 saturated carbocycles. The van der Waals surface area contributed by atoms with Gasteiger partial charge in [0.25, 0.3) is 5.91 Å². The van der Waals surface area contributed by atoms with Crippen LogP contribution < -0.4 is 5.32 Å². The van der Waals surface area contributed by atoms with E-state index in [4.69, 9.17) is 0 Å². The summed E-state index contributed by atoms with van der Waals surface area (Å²) >= 11 is 0. The van der Waals surface area contributed by atoms with Crippen LogP contribution in [0.2, 0.25) is 0 Å². The average molecular weight is 260 g/mol. The molecule has 1 aromatic rings. The molecular weight excluding hydrogens is 240 g/mol. The lowest BCUT2D eigenvalue weighted by Crippen LogP contribution is -2.47. The zero-order chi connectivity index (χ0) is 13.2. The van der Waals surface area contributed by atoms with Crippen molar-refractivity contribution in [2.45, 2.75) is 18.9 Å². The first-order chi connectivity index (χ1) is 9.22. The summed E-state index contributed by atoms with van der Waals surface area (Å²) in [5.74, 6) is 0.0487. The lowest BCUT2D eigenvalue weighted by atomic mass is 10.2. The standard InChI is InChI=1S/C14H20N4O/c1-17-6-8-18(9-7-17)14(19)13-10-12(4-5-15-13)16-11-2-3-11/h4-5,10-11H,2-3,6-9H2,1H3,(H,15,16). The molecule has 1 aromatic heterocycles. The molecule has 5 heteroatoms. The molecule has 2 heterocycles. The van der Waals surface area contributed by atoms with E-state index in [-0.39, 0.29) is 5.91 Å². The predicted octanol–water partition coefficient (Wildman–Crippen LogP) is 1.04. The van der Waals surface area contributed by atoms with E-state index in [0.29, 0.717) is 11.7 Å². The number of nitrogens with zero attached hydrogens (tertiary/aromatic N) is 3. The van der Waals surface area contributed by atoms with E-state index in [0.717, 1.165) is 31.9 Å². The van der Waals surface area contributed by atoms with Gasteiger partial charge in [-0.05, 0) is 32.0 Å². The molecule has 1 amide bonds. The van der Waals surface area contributed by atoms with Crippen LogP contribution in [0.4, 0.5) is 5.69 Å². The van der Waals surface area contributed by atoms with Crippen molar-refractivity contribution in [3.05, 3.63) is 24.0 Å². The normalized spacial score (nSPS) is 20.4. The van der Waals surface area contributed by atoms with Crippen LogP contribution in [0, 0.1) is 0 Å². The molecule has 5 nitrogen and oxygen atoms in total. The number of pyridine rings is 1. The summed E-state index contributed by atoms with van der Waals surface area (Å²) in [6.07, 6.45) is 4.17. The summed E-state index contributed by atoms with van der Waals surface area (Å²) in [6.45, 7) is 3.45. The molecule has 2 aliphatic rings. The molecule has 0 bridgehead atoms. The van der Waals surface area contributed by atoms with Gasteiger partial charge in [0.2, 0.25) is 0 Å². The Morgan fingerprint density at radius 1 is 1.32 bits per heavy atom. The number of hydrogen-bond donors (Lipinski definition) is 1. The molecule has 0 radical (unpaired) electrons. The summed E-state index contributed by atoms with van der Waals surface area (Å²) in [6, 6.07) is 4.40. The van der Waals surface area contributed by atoms with Crippen molar-refractivity contribution >= 4 is 11.6 Å². The third-order valence-electron chi connectivity index (χ3n) is 3.72. The molecule has 1 N–H and O–H groups in total. The average Bonchev–Trinajstić information content (AvgIpc) is 3.23. The number of piperazine rings is 1. The number of aromatic nitrogens is 1. The number of carbonyl (C=O) groups is 1. The van der Waals surface area contributed by atoms with Crippen molar-refractivity contribution in [2.75, 3.05) is 38.5 Å². The largest absolute Gasteiger partial charge is 0.382 e. The quantitative estimate of drug-likeness (QED) is 0.882. The van der Waals surface area contributed by atoms with Gasteiger partial charge < -0.3 is 15.1 Å². The second-order valence-corrected chi connectivity index (χ2v) is 5.44. The zero-order valence-electron chi connectivity index (χ0n) is 11.3. The van der Waals surface area contributed by atoms with Gasteiger partial charge in [0.15, 0.2) is 0 Å². The number of likely N-dealkylation sites (N-methyl/N-ethyl adjacent to an activating group) is 1. The van der Waals surface area contributed by atoms with Gasteiger partial charge in [0.05, 0.1) is 0 Å². The monoisotopic (exact) mass is 260 g/mol. The lowest BCUT2D eigenvalue weighted by Gasteiger charge is -2.32. The third-order valence-corrected chi connectivity index (χ3v) is 3.72. The maximum atomic E-state index is 12.4. The van der Waals surface area contributed by atoms with Gasteiger partial charge in [-0.1, -0.05) is 0 Å². The van der Waals surface area contributed by atoms with Crippen LogP contribution in [-0.4, -0.2) is 60.0 Å². The van der Waals surface area contributed by atoms with Crippen molar-refractivity contribution in [3.8, 4) is 0 Å². The van der Waals surface area contributed by atoms with Gasteiger partial charge in [0.1, 0.15) is 5.69 Å². The van der Waals surface area contributed by atoms with Crippen molar-refractivity contribution in [1.29, 1.82) is 0 Å². The summed E-state index contributed by atoms with van der Waals surface area (Å²) in [4.78, 5) is 20.7. The number of anilines is 1. The Morgan fingerprint density at radius 2 is 2.05 bits per heavy atom. The minimum absolute atomic E-state index is 0.0487. The zero-order valence-corrected chi connectivity index (χ0v) is 11.3. The molecule has 1 aliphatic heterocycles. The van der Waals surface area contributed by atoms with Gasteiger partial charge >= 0.3 is 0 Å². The number of nitrogens with one attached hydrogen (secondary N) is 1. The van der Waals surface area contributed by atoms with Gasteiger partial charge in [-0.25, -0.2) is 0 Å². The van der Waals surface area contributed by atoms with Crippen molar-refractivity contribution in [3.63, 3.8) is 0 Å². The molecule has 0 atom stereocenters. The Hall–Kier alpha value is -1.62. The van der Waals surface area contributed by atoms with E-state index in [1.807, 2.05) is 17.0 Å². The van der Waals surface area contributed by atoms with E-state index >= 15 is 0 Å². The van der Waals surface area contributed by atoms with Crippen molar-refractivity contribution in [2.24, 2.45) is 0 Å². The molecule has 1 aliphatic carbocycles. The van der Waals surface area contributed by atoms with E-state index in [9.17, 15) is 4.79 Å².